The second-order valence-corrected chi connectivity index (χ2v) is 5.74. The number of nitrogens with one attached hydrogen (secondary N) is 1. The van der Waals surface area contributed by atoms with Crippen molar-refractivity contribution >= 4 is 23.2 Å². The number of pyridine rings is 1. The molecule has 7 heteroatoms. The number of halogens is 1. The van der Waals surface area contributed by atoms with Crippen molar-refractivity contribution in [2.75, 3.05) is 5.32 Å². The molecule has 122 valence electrons. The molecule has 0 bridgehead atoms. The maximum Gasteiger partial charge on any atom is 0.258 e. The molecule has 2 aromatic heterocycles. The van der Waals surface area contributed by atoms with E-state index in [9.17, 15) is 9.59 Å². The number of anilines is 1. The third-order valence-electron chi connectivity index (χ3n) is 3.51. The lowest BCUT2D eigenvalue weighted by Crippen LogP contribution is -2.21. The summed E-state index contributed by atoms with van der Waals surface area (Å²) in [6.45, 7) is 0.328. The Morgan fingerprint density at radius 3 is 2.71 bits per heavy atom. The number of nitrogens with zero attached hydrogens (tertiary/aromatic N) is 3. The molecule has 0 aliphatic heterocycles. The van der Waals surface area contributed by atoms with Crippen LogP contribution in [0.3, 0.4) is 0 Å². The highest BCUT2D eigenvalue weighted by atomic mass is 35.5. The zero-order valence-electron chi connectivity index (χ0n) is 12.9. The highest BCUT2D eigenvalue weighted by Crippen LogP contribution is 2.16. The van der Waals surface area contributed by atoms with E-state index in [0.717, 1.165) is 5.56 Å². The largest absolute Gasteiger partial charge is 0.321 e. The lowest BCUT2D eigenvalue weighted by Gasteiger charge is -2.10. The van der Waals surface area contributed by atoms with E-state index in [-0.39, 0.29) is 11.5 Å². The molecule has 1 amide bonds. The summed E-state index contributed by atoms with van der Waals surface area (Å²) in [6.07, 6.45) is 4.70. The van der Waals surface area contributed by atoms with Gasteiger partial charge in [0, 0.05) is 30.5 Å². The van der Waals surface area contributed by atoms with E-state index in [2.05, 4.69) is 10.4 Å². The summed E-state index contributed by atoms with van der Waals surface area (Å²) in [5.41, 5.74) is 1.63. The van der Waals surface area contributed by atoms with Gasteiger partial charge in [-0.3, -0.25) is 14.3 Å². The number of amides is 1. The molecule has 6 nitrogen and oxygen atoms in total. The Kier molecular flexibility index (Phi) is 4.48. The summed E-state index contributed by atoms with van der Waals surface area (Å²) in [5, 5.41) is 7.31. The van der Waals surface area contributed by atoms with Gasteiger partial charge in [0.15, 0.2) is 0 Å². The van der Waals surface area contributed by atoms with Crippen LogP contribution in [-0.2, 0) is 13.6 Å². The molecule has 0 unspecified atom stereocenters. The zero-order chi connectivity index (χ0) is 17.1. The van der Waals surface area contributed by atoms with Crippen LogP contribution in [0, 0.1) is 0 Å². The Morgan fingerprint density at radius 2 is 2.00 bits per heavy atom. The first-order chi connectivity index (χ1) is 11.5. The maximum absolute atomic E-state index is 12.2. The summed E-state index contributed by atoms with van der Waals surface area (Å²) < 4.78 is 3.05. The van der Waals surface area contributed by atoms with Crippen LogP contribution >= 0.6 is 11.6 Å². The summed E-state index contributed by atoms with van der Waals surface area (Å²) in [4.78, 5) is 24.2. The smallest absolute Gasteiger partial charge is 0.258 e. The fraction of sp³-hybridized carbons (Fsp3) is 0.118. The van der Waals surface area contributed by atoms with Crippen LogP contribution in [0.5, 0.6) is 0 Å². The summed E-state index contributed by atoms with van der Waals surface area (Å²) >= 11 is 6.14. The summed E-state index contributed by atoms with van der Waals surface area (Å²) in [5.74, 6) is -0.286. The zero-order valence-corrected chi connectivity index (χ0v) is 13.7. The number of benzene rings is 1. The van der Waals surface area contributed by atoms with Gasteiger partial charge in [0.1, 0.15) is 0 Å². The standard InChI is InChI=1S/C17H15ClN4O2/c1-21-9-13(8-19-21)17(24)20-14-6-7-16(23)22(11-14)10-12-4-2-3-5-15(12)18/h2-9,11H,10H2,1H3,(H,20,24). The first-order valence-electron chi connectivity index (χ1n) is 7.27. The van der Waals surface area contributed by atoms with E-state index < -0.39 is 0 Å². The monoisotopic (exact) mass is 342 g/mol. The third-order valence-corrected chi connectivity index (χ3v) is 3.88. The van der Waals surface area contributed by atoms with E-state index in [1.807, 2.05) is 18.2 Å². The number of hydrogen-bond donors (Lipinski definition) is 1. The number of aryl methyl sites for hydroxylation is 1. The van der Waals surface area contributed by atoms with Gasteiger partial charge in [-0.1, -0.05) is 29.8 Å². The second-order valence-electron chi connectivity index (χ2n) is 5.33. The van der Waals surface area contributed by atoms with Gasteiger partial charge in [-0.15, -0.1) is 0 Å². The number of aromatic nitrogens is 3. The molecule has 0 fully saturated rings. The first-order valence-corrected chi connectivity index (χ1v) is 7.64. The number of hydrogen-bond acceptors (Lipinski definition) is 3. The van der Waals surface area contributed by atoms with Gasteiger partial charge in [-0.25, -0.2) is 0 Å². The molecule has 0 aliphatic carbocycles. The number of rotatable bonds is 4. The second kappa shape index (κ2) is 6.72. The average Bonchev–Trinajstić information content (AvgIpc) is 2.99. The Balaban J connectivity index is 1.82. The topological polar surface area (TPSA) is 68.9 Å². The van der Waals surface area contributed by atoms with Crippen molar-refractivity contribution in [1.82, 2.24) is 14.3 Å². The Morgan fingerprint density at radius 1 is 1.21 bits per heavy atom. The van der Waals surface area contributed by atoms with Crippen molar-refractivity contribution in [3.63, 3.8) is 0 Å². The highest BCUT2D eigenvalue weighted by Gasteiger charge is 2.09. The molecule has 0 aliphatic rings. The first kappa shape index (κ1) is 16.0. The molecule has 0 saturated carbocycles. The van der Waals surface area contributed by atoms with Gasteiger partial charge in [0.25, 0.3) is 11.5 Å². The Labute approximate surface area is 143 Å². The molecule has 0 saturated heterocycles. The van der Waals surface area contributed by atoms with Crippen molar-refractivity contribution in [3.8, 4) is 0 Å². The average molecular weight is 343 g/mol. The van der Waals surface area contributed by atoms with Crippen molar-refractivity contribution in [2.24, 2.45) is 7.05 Å². The van der Waals surface area contributed by atoms with Gasteiger partial charge in [0.05, 0.1) is 24.0 Å². The lowest BCUT2D eigenvalue weighted by molar-refractivity contribution is 0.102. The lowest BCUT2D eigenvalue weighted by atomic mass is 10.2. The molecule has 2 heterocycles. The van der Waals surface area contributed by atoms with Crippen molar-refractivity contribution in [1.29, 1.82) is 0 Å². The van der Waals surface area contributed by atoms with Crippen molar-refractivity contribution in [3.05, 3.63) is 81.5 Å². The molecule has 0 atom stereocenters. The van der Waals surface area contributed by atoms with Gasteiger partial charge >= 0.3 is 0 Å². The minimum absolute atomic E-state index is 0.172. The van der Waals surface area contributed by atoms with Crippen LogP contribution < -0.4 is 10.9 Å². The fourth-order valence-corrected chi connectivity index (χ4v) is 2.48. The predicted molar refractivity (Wildman–Crippen MR) is 92.4 cm³/mol. The predicted octanol–water partition coefficient (Wildman–Crippen LogP) is 2.54. The molecule has 0 spiro atoms. The van der Waals surface area contributed by atoms with E-state index in [4.69, 9.17) is 11.6 Å². The molecule has 1 N–H and O–H groups in total. The highest BCUT2D eigenvalue weighted by molar-refractivity contribution is 6.31. The van der Waals surface area contributed by atoms with Crippen LogP contribution in [0.15, 0.2) is 59.8 Å². The molecule has 3 rings (SSSR count). The molecule has 0 radical (unpaired) electrons. The minimum Gasteiger partial charge on any atom is -0.321 e. The van der Waals surface area contributed by atoms with E-state index >= 15 is 0 Å². The van der Waals surface area contributed by atoms with Crippen LogP contribution in [-0.4, -0.2) is 20.3 Å². The van der Waals surface area contributed by atoms with Crippen LogP contribution in [0.1, 0.15) is 15.9 Å². The minimum atomic E-state index is -0.286. The molecular weight excluding hydrogens is 328 g/mol. The quantitative estimate of drug-likeness (QED) is 0.792. The van der Waals surface area contributed by atoms with Crippen LogP contribution in [0.4, 0.5) is 5.69 Å². The van der Waals surface area contributed by atoms with Crippen molar-refractivity contribution < 1.29 is 4.79 Å². The summed E-state index contributed by atoms with van der Waals surface area (Å²) in [7, 11) is 1.74. The molecule has 24 heavy (non-hydrogen) atoms. The summed E-state index contributed by atoms with van der Waals surface area (Å²) in [6, 6.07) is 10.3. The van der Waals surface area contributed by atoms with Crippen LogP contribution in [0.25, 0.3) is 0 Å². The van der Waals surface area contributed by atoms with Gasteiger partial charge in [-0.2, -0.15) is 5.10 Å². The molecule has 1 aromatic carbocycles. The normalized spacial score (nSPS) is 10.6. The molecular formula is C17H15ClN4O2. The Hall–Kier alpha value is -2.86. The molecule has 3 aromatic rings. The fourth-order valence-electron chi connectivity index (χ4n) is 2.28. The van der Waals surface area contributed by atoms with Gasteiger partial charge in [-0.05, 0) is 17.7 Å². The van der Waals surface area contributed by atoms with Crippen LogP contribution in [0.2, 0.25) is 5.02 Å². The van der Waals surface area contributed by atoms with E-state index in [1.165, 1.54) is 16.8 Å². The Bertz CT molecular complexity index is 946. The number of carbonyl (C=O) groups is 1. The number of carbonyl (C=O) groups excluding carboxylic acids is 1. The van der Waals surface area contributed by atoms with E-state index in [0.29, 0.717) is 22.8 Å². The van der Waals surface area contributed by atoms with Gasteiger partial charge < -0.3 is 9.88 Å². The SMILES string of the molecule is Cn1cc(C(=O)Nc2ccc(=O)n(Cc3ccccc3Cl)c2)cn1. The van der Waals surface area contributed by atoms with Crippen molar-refractivity contribution in [2.45, 2.75) is 6.54 Å². The van der Waals surface area contributed by atoms with E-state index in [1.54, 1.807) is 36.3 Å². The maximum atomic E-state index is 12.2. The van der Waals surface area contributed by atoms with Gasteiger partial charge in [0.2, 0.25) is 0 Å². The third kappa shape index (κ3) is 3.55.